The van der Waals surface area contributed by atoms with Crippen LogP contribution in [0.25, 0.3) is 0 Å². The van der Waals surface area contributed by atoms with Gasteiger partial charge in [0, 0.05) is 5.56 Å². The summed E-state index contributed by atoms with van der Waals surface area (Å²) in [4.78, 5) is 9.16. The van der Waals surface area contributed by atoms with Crippen LogP contribution >= 0.6 is 7.26 Å². The van der Waals surface area contributed by atoms with Crippen molar-refractivity contribution in [1.29, 1.82) is 0 Å². The largest absolute Gasteiger partial charge is 0.433 e. The first-order chi connectivity index (χ1) is 12.9. The number of rotatable bonds is 10. The van der Waals surface area contributed by atoms with E-state index in [-0.39, 0.29) is 0 Å². The van der Waals surface area contributed by atoms with Crippen molar-refractivity contribution < 1.29 is 13.2 Å². The van der Waals surface area contributed by atoms with E-state index in [1.54, 1.807) is 0 Å². The van der Waals surface area contributed by atoms with Crippen molar-refractivity contribution in [1.82, 2.24) is 9.97 Å². The zero-order valence-electron chi connectivity index (χ0n) is 17.2. The van der Waals surface area contributed by atoms with Crippen molar-refractivity contribution >= 4 is 12.8 Å². The summed E-state index contributed by atoms with van der Waals surface area (Å²) in [5.74, 6) is 0. The van der Waals surface area contributed by atoms with E-state index < -0.39 is 19.1 Å². The summed E-state index contributed by atoms with van der Waals surface area (Å²) in [6, 6.07) is 0. The van der Waals surface area contributed by atoms with Gasteiger partial charge in [0.05, 0.1) is 31.4 Å². The molecule has 0 spiro atoms. The molecule has 1 aliphatic carbocycles. The van der Waals surface area contributed by atoms with Gasteiger partial charge in [-0.05, 0) is 44.9 Å². The molecule has 0 amide bonds. The molecule has 0 saturated carbocycles. The maximum Gasteiger partial charge on any atom is 0.433 e. The number of fused-ring (bicyclic) bond motifs is 1. The smallest absolute Gasteiger partial charge is 0.201 e. The second-order valence-electron chi connectivity index (χ2n) is 7.88. The Bertz CT molecular complexity index is 580. The minimum absolute atomic E-state index is 0.372. The monoisotopic (exact) mass is 403 g/mol. The third kappa shape index (κ3) is 5.65. The normalized spacial score (nSPS) is 15.0. The van der Waals surface area contributed by atoms with Gasteiger partial charge in [0.15, 0.2) is 5.69 Å². The molecule has 0 unspecified atom stereocenters. The molecule has 6 heteroatoms. The highest BCUT2D eigenvalue weighted by atomic mass is 31.2. The lowest BCUT2D eigenvalue weighted by molar-refractivity contribution is -0.141. The van der Waals surface area contributed by atoms with Gasteiger partial charge >= 0.3 is 6.18 Å². The standard InChI is InChI=1S/C21H35F3N2P/c1-4-7-14-27(15-8-5-2,16-9-6-3)20-25-18-13-11-10-12-17(18)19(26-20)21(22,23)24/h4-16H2,1-3H3/q+1. The van der Waals surface area contributed by atoms with Gasteiger partial charge in [-0.3, -0.25) is 0 Å². The number of nitrogens with zero attached hydrogens (tertiary/aromatic N) is 2. The fraction of sp³-hybridized carbons (Fsp3) is 0.810. The first kappa shape index (κ1) is 22.6. The van der Waals surface area contributed by atoms with Crippen LogP contribution in [0.3, 0.4) is 0 Å². The van der Waals surface area contributed by atoms with Gasteiger partial charge in [0.2, 0.25) is 0 Å². The first-order valence-corrected chi connectivity index (χ1v) is 13.1. The zero-order valence-corrected chi connectivity index (χ0v) is 18.1. The topological polar surface area (TPSA) is 25.8 Å². The summed E-state index contributed by atoms with van der Waals surface area (Å²) in [5, 5.41) is 0. The van der Waals surface area contributed by atoms with Crippen molar-refractivity contribution in [3.05, 3.63) is 17.0 Å². The molecule has 0 atom stereocenters. The van der Waals surface area contributed by atoms with Crippen molar-refractivity contribution in [2.75, 3.05) is 18.5 Å². The molecule has 1 aromatic rings. The lowest BCUT2D eigenvalue weighted by Gasteiger charge is -2.28. The highest BCUT2D eigenvalue weighted by molar-refractivity contribution is 7.82. The average Bonchev–Trinajstić information content (AvgIpc) is 2.66. The van der Waals surface area contributed by atoms with Crippen LogP contribution in [0.1, 0.15) is 89.1 Å². The minimum atomic E-state index is -4.38. The van der Waals surface area contributed by atoms with Crippen molar-refractivity contribution in [3.8, 4) is 0 Å². The van der Waals surface area contributed by atoms with Crippen LogP contribution in [0.5, 0.6) is 0 Å². The van der Waals surface area contributed by atoms with E-state index in [0.717, 1.165) is 69.9 Å². The lowest BCUT2D eigenvalue weighted by Crippen LogP contribution is -2.32. The molecule has 1 aromatic heterocycles. The van der Waals surface area contributed by atoms with Crippen LogP contribution < -0.4 is 5.57 Å². The number of alkyl halides is 3. The predicted molar refractivity (Wildman–Crippen MR) is 110 cm³/mol. The Labute approximate surface area is 163 Å². The summed E-state index contributed by atoms with van der Waals surface area (Å²) in [7, 11) is -1.76. The molecule has 0 bridgehead atoms. The fourth-order valence-electron chi connectivity index (χ4n) is 4.05. The highest BCUT2D eigenvalue weighted by Crippen LogP contribution is 2.59. The van der Waals surface area contributed by atoms with Crippen LogP contribution in [0.4, 0.5) is 13.2 Å². The Morgan fingerprint density at radius 3 is 1.81 bits per heavy atom. The highest BCUT2D eigenvalue weighted by Gasteiger charge is 2.45. The van der Waals surface area contributed by atoms with E-state index in [9.17, 15) is 13.2 Å². The van der Waals surface area contributed by atoms with Crippen LogP contribution in [-0.4, -0.2) is 28.5 Å². The van der Waals surface area contributed by atoms with E-state index in [1.165, 1.54) is 0 Å². The molecule has 0 radical (unpaired) electrons. The van der Waals surface area contributed by atoms with Crippen molar-refractivity contribution in [2.45, 2.75) is 91.2 Å². The molecule has 27 heavy (non-hydrogen) atoms. The Kier molecular flexibility index (Phi) is 8.52. The van der Waals surface area contributed by atoms with Crippen LogP contribution in [0.15, 0.2) is 0 Å². The van der Waals surface area contributed by atoms with Gasteiger partial charge in [-0.2, -0.15) is 18.2 Å². The number of hydrogen-bond donors (Lipinski definition) is 0. The first-order valence-electron chi connectivity index (χ1n) is 10.7. The Hall–Kier alpha value is -0.700. The number of aromatic nitrogens is 2. The number of hydrogen-bond acceptors (Lipinski definition) is 2. The van der Waals surface area contributed by atoms with Gasteiger partial charge < -0.3 is 0 Å². The molecule has 0 aliphatic heterocycles. The average molecular weight is 403 g/mol. The van der Waals surface area contributed by atoms with Gasteiger partial charge in [-0.25, -0.2) is 4.98 Å². The lowest BCUT2D eigenvalue weighted by atomic mass is 9.94. The Balaban J connectivity index is 2.57. The molecule has 2 nitrogen and oxygen atoms in total. The molecule has 0 fully saturated rings. The Morgan fingerprint density at radius 2 is 1.33 bits per heavy atom. The molecule has 0 saturated heterocycles. The van der Waals surface area contributed by atoms with Gasteiger partial charge in [-0.1, -0.05) is 40.0 Å². The van der Waals surface area contributed by atoms with Crippen LogP contribution in [0, 0.1) is 0 Å². The second-order valence-corrected chi connectivity index (χ2v) is 11.9. The molecule has 0 N–H and O–H groups in total. The Morgan fingerprint density at radius 1 is 0.815 bits per heavy atom. The molecule has 1 aliphatic rings. The molecule has 2 rings (SSSR count). The molecular formula is C21H35F3N2P+. The van der Waals surface area contributed by atoms with Crippen molar-refractivity contribution in [3.63, 3.8) is 0 Å². The van der Waals surface area contributed by atoms with Crippen LogP contribution in [-0.2, 0) is 19.0 Å². The summed E-state index contributed by atoms with van der Waals surface area (Å²) in [6.07, 6.45) is 7.87. The van der Waals surface area contributed by atoms with E-state index >= 15 is 0 Å². The fourth-order valence-corrected chi connectivity index (χ4v) is 8.73. The molecular weight excluding hydrogens is 368 g/mol. The maximum atomic E-state index is 13.8. The van der Waals surface area contributed by atoms with Crippen molar-refractivity contribution in [2.24, 2.45) is 0 Å². The minimum Gasteiger partial charge on any atom is -0.201 e. The summed E-state index contributed by atoms with van der Waals surface area (Å²) < 4.78 is 41.5. The van der Waals surface area contributed by atoms with Gasteiger partial charge in [0.25, 0.3) is 5.57 Å². The number of halogens is 3. The summed E-state index contributed by atoms with van der Waals surface area (Å²) in [5.41, 5.74) is 1.02. The molecule has 1 heterocycles. The van der Waals surface area contributed by atoms with E-state index in [4.69, 9.17) is 4.98 Å². The third-order valence-corrected chi connectivity index (χ3v) is 10.2. The maximum absolute atomic E-state index is 13.8. The van der Waals surface area contributed by atoms with E-state index in [1.807, 2.05) is 0 Å². The van der Waals surface area contributed by atoms with E-state index in [0.29, 0.717) is 29.7 Å². The zero-order chi connectivity index (χ0) is 19.9. The number of unbranched alkanes of at least 4 members (excludes halogenated alkanes) is 3. The molecule has 0 aromatic carbocycles. The predicted octanol–water partition coefficient (Wildman–Crippen LogP) is 6.42. The summed E-state index contributed by atoms with van der Waals surface area (Å²) in [6.45, 7) is 6.47. The SMILES string of the molecule is CCCC[P+](CCCC)(CCCC)c1nc2c(c(C(F)(F)F)n1)CCCC2. The third-order valence-electron chi connectivity index (χ3n) is 5.68. The summed E-state index contributed by atoms with van der Waals surface area (Å²) >= 11 is 0. The van der Waals surface area contributed by atoms with E-state index in [2.05, 4.69) is 25.8 Å². The van der Waals surface area contributed by atoms with Gasteiger partial charge in [-0.15, -0.1) is 0 Å². The second kappa shape index (κ2) is 10.2. The quantitative estimate of drug-likeness (QED) is 0.422. The molecule has 154 valence electrons. The van der Waals surface area contributed by atoms with Crippen LogP contribution in [0.2, 0.25) is 0 Å². The number of aryl methyl sites for hydroxylation is 1. The van der Waals surface area contributed by atoms with Gasteiger partial charge in [0.1, 0.15) is 0 Å².